The summed E-state index contributed by atoms with van der Waals surface area (Å²) in [5.74, 6) is -5.49. The molecule has 2 fully saturated rings. The van der Waals surface area contributed by atoms with Crippen LogP contribution in [0.1, 0.15) is 29.2 Å². The Bertz CT molecular complexity index is 2260. The second-order valence-electron chi connectivity index (χ2n) is 13.6. The van der Waals surface area contributed by atoms with Crippen molar-refractivity contribution in [2.75, 3.05) is 12.3 Å². The van der Waals surface area contributed by atoms with Crippen molar-refractivity contribution in [1.82, 2.24) is 4.98 Å². The molecule has 2 aromatic carbocycles. The van der Waals surface area contributed by atoms with Crippen LogP contribution in [0, 0.1) is 0 Å². The van der Waals surface area contributed by atoms with Gasteiger partial charge < -0.3 is 85.3 Å². The number of aliphatic hydroxyl groups excluding tert-OH is 7. The van der Waals surface area contributed by atoms with Gasteiger partial charge in [-0.25, -0.2) is 14.6 Å². The molecule has 312 valence electrons. The molecule has 0 bridgehead atoms. The van der Waals surface area contributed by atoms with Crippen LogP contribution in [0.3, 0.4) is 0 Å². The van der Waals surface area contributed by atoms with Gasteiger partial charge in [-0.2, -0.15) is 0 Å². The van der Waals surface area contributed by atoms with E-state index in [0.717, 1.165) is 18.2 Å². The molecule has 0 radical (unpaired) electrons. The predicted molar refractivity (Wildman–Crippen MR) is 192 cm³/mol. The lowest BCUT2D eigenvalue weighted by Gasteiger charge is -2.41. The molecule has 13 N–H and O–H groups in total. The number of phenols is 3. The Morgan fingerprint density at radius 1 is 0.828 bits per heavy atom. The summed E-state index contributed by atoms with van der Waals surface area (Å²) in [6.45, 7) is 1.43. The average Bonchev–Trinajstić information content (AvgIpc) is 3.18. The van der Waals surface area contributed by atoms with E-state index in [9.17, 15) is 70.6 Å². The Morgan fingerprint density at radius 3 is 2.14 bits per heavy atom. The minimum absolute atomic E-state index is 0.0755. The lowest BCUT2D eigenvalue weighted by atomic mass is 9.97. The third-order valence-electron chi connectivity index (χ3n) is 9.80. The number of pyridine rings is 1. The highest BCUT2D eigenvalue weighted by atomic mass is 16.7. The van der Waals surface area contributed by atoms with Crippen LogP contribution in [0.5, 0.6) is 23.0 Å². The summed E-state index contributed by atoms with van der Waals surface area (Å²) >= 11 is 0. The Kier molecular flexibility index (Phi) is 12.1. The van der Waals surface area contributed by atoms with Gasteiger partial charge in [-0.15, -0.1) is 0 Å². The number of esters is 1. The fraction of sp³-hybridized carbons (Fsp3) is 0.405. The van der Waals surface area contributed by atoms with E-state index >= 15 is 0 Å². The summed E-state index contributed by atoms with van der Waals surface area (Å²) in [5, 5.41) is 114. The molecule has 0 spiro atoms. The summed E-state index contributed by atoms with van der Waals surface area (Å²) < 4.78 is 27.4. The third kappa shape index (κ3) is 7.94. The van der Waals surface area contributed by atoms with Crippen LogP contribution in [0.4, 0.5) is 5.82 Å². The molecule has 58 heavy (non-hydrogen) atoms. The standard InChI is InChI=1S/C37H40N2O19/c1-2-13-5-12(11-39-33(13)38)6-16-20(10-21-22(24(16)44)17(41)9-19(54-21)15-7-14(3-4-40)23(43)18(42)8-15)55-36-29(49)26(46)28(48)32(57-36)35(53)58-37-30(50)25(45)27(47)31(56-37)34(51)52/h5,7-11,25-32,36-37,40,42-50H,2-4,6H2,1H3,(H2,38,39)(H,51,52)/t25-,26-,27-,28-,29+,30+,31-,32-,36+,37-/m0/s1. The number of rotatable bonds is 11. The number of anilines is 1. The topological polar surface area (TPSA) is 363 Å². The van der Waals surface area contributed by atoms with Crippen LogP contribution in [-0.4, -0.2) is 141 Å². The maximum absolute atomic E-state index is 13.6. The zero-order valence-electron chi connectivity index (χ0n) is 30.3. The zero-order chi connectivity index (χ0) is 42.3. The van der Waals surface area contributed by atoms with Crippen LogP contribution in [0.25, 0.3) is 22.3 Å². The van der Waals surface area contributed by atoms with Gasteiger partial charge >= 0.3 is 11.9 Å². The first-order chi connectivity index (χ1) is 27.4. The molecule has 2 saturated heterocycles. The van der Waals surface area contributed by atoms with Crippen molar-refractivity contribution >= 4 is 28.7 Å². The van der Waals surface area contributed by atoms with Gasteiger partial charge in [0, 0.05) is 48.0 Å². The number of aryl methyl sites for hydroxylation is 1. The molecule has 21 nitrogen and oxygen atoms in total. The molecule has 0 saturated carbocycles. The Labute approximate surface area is 325 Å². The van der Waals surface area contributed by atoms with Gasteiger partial charge in [0.2, 0.25) is 12.6 Å². The zero-order valence-corrected chi connectivity index (χ0v) is 30.3. The lowest BCUT2D eigenvalue weighted by Crippen LogP contribution is -2.63. The highest BCUT2D eigenvalue weighted by Gasteiger charge is 2.52. The van der Waals surface area contributed by atoms with Gasteiger partial charge in [-0.3, -0.25) is 4.79 Å². The molecular weight excluding hydrogens is 776 g/mol. The number of aliphatic hydroxyl groups is 7. The van der Waals surface area contributed by atoms with E-state index in [1.54, 1.807) is 6.07 Å². The number of ether oxygens (including phenoxy) is 4. The van der Waals surface area contributed by atoms with Crippen molar-refractivity contribution in [3.05, 3.63) is 69.0 Å². The number of hydrogen-bond acceptors (Lipinski definition) is 20. The summed E-state index contributed by atoms with van der Waals surface area (Å²) in [6.07, 6.45) is -20.3. The van der Waals surface area contributed by atoms with Crippen molar-refractivity contribution in [3.8, 4) is 34.3 Å². The second kappa shape index (κ2) is 16.7. The monoisotopic (exact) mass is 816 g/mol. The van der Waals surface area contributed by atoms with E-state index in [4.69, 9.17) is 29.1 Å². The maximum Gasteiger partial charge on any atom is 0.340 e. The van der Waals surface area contributed by atoms with Crippen molar-refractivity contribution < 1.29 is 89.1 Å². The molecule has 10 atom stereocenters. The number of nitrogens with zero attached hydrogens (tertiary/aromatic N) is 1. The van der Waals surface area contributed by atoms with Crippen molar-refractivity contribution in [3.63, 3.8) is 0 Å². The van der Waals surface area contributed by atoms with Gasteiger partial charge in [0.05, 0.1) is 0 Å². The van der Waals surface area contributed by atoms with Gasteiger partial charge in [0.15, 0.2) is 29.1 Å². The van der Waals surface area contributed by atoms with Crippen LogP contribution < -0.4 is 15.9 Å². The van der Waals surface area contributed by atoms with Crippen LogP contribution in [0.2, 0.25) is 0 Å². The van der Waals surface area contributed by atoms with E-state index in [1.807, 2.05) is 6.92 Å². The lowest BCUT2D eigenvalue weighted by molar-refractivity contribution is -0.302. The quantitative estimate of drug-likeness (QED) is 0.0568. The maximum atomic E-state index is 13.6. The van der Waals surface area contributed by atoms with Crippen molar-refractivity contribution in [2.45, 2.75) is 87.6 Å². The fourth-order valence-corrected chi connectivity index (χ4v) is 6.62. The number of aliphatic carboxylic acids is 1. The predicted octanol–water partition coefficient (Wildman–Crippen LogP) is -2.14. The van der Waals surface area contributed by atoms with Gasteiger partial charge in [0.1, 0.15) is 70.7 Å². The van der Waals surface area contributed by atoms with E-state index in [1.165, 1.54) is 12.3 Å². The summed E-state index contributed by atoms with van der Waals surface area (Å²) in [7, 11) is 0. The van der Waals surface area contributed by atoms with E-state index < -0.39 is 103 Å². The van der Waals surface area contributed by atoms with Gasteiger partial charge in [-0.05, 0) is 36.1 Å². The molecular formula is C37H40N2O19. The normalized spacial score (nSPS) is 27.3. The molecule has 4 aromatic rings. The number of carboxylic acid groups (broad SMARTS) is 1. The molecule has 6 rings (SSSR count). The molecule has 0 aliphatic carbocycles. The van der Waals surface area contributed by atoms with Gasteiger partial charge in [0.25, 0.3) is 0 Å². The Hall–Kier alpha value is -5.62. The Balaban J connectivity index is 1.40. The first-order valence-electron chi connectivity index (χ1n) is 17.7. The number of nitrogens with two attached hydrogens (primary N) is 1. The summed E-state index contributed by atoms with van der Waals surface area (Å²) in [4.78, 5) is 42.6. The number of aromatic nitrogens is 1. The number of carbonyl (C=O) groups is 2. The second-order valence-corrected chi connectivity index (χ2v) is 13.6. The minimum atomic E-state index is -2.25. The molecule has 2 aliphatic heterocycles. The molecule has 4 heterocycles. The molecule has 2 aromatic heterocycles. The SMILES string of the molecule is CCc1cc(Cc2c(O[C@@H]3O[C@H](C(=O)O[C@@H]4O[C@H](C(=O)O)[C@@H](O)[C@H](O)[C@H]4O)[C@@H](O)[C@H](O)[C@H]3O)cc3oc(-c4cc(O)c(O)c(CCO)c4)cc(=O)c3c2O)cnc1N. The number of benzene rings is 2. The fourth-order valence-electron chi connectivity index (χ4n) is 6.62. The van der Waals surface area contributed by atoms with Crippen LogP contribution in [0.15, 0.2) is 45.7 Å². The minimum Gasteiger partial charge on any atom is -0.507 e. The van der Waals surface area contributed by atoms with Crippen LogP contribution in [-0.2, 0) is 43.1 Å². The molecule has 2 aliphatic rings. The van der Waals surface area contributed by atoms with E-state index in [0.29, 0.717) is 17.5 Å². The Morgan fingerprint density at radius 2 is 1.48 bits per heavy atom. The number of nitrogen functional groups attached to an aromatic ring is 1. The third-order valence-corrected chi connectivity index (χ3v) is 9.80. The highest BCUT2D eigenvalue weighted by molar-refractivity contribution is 5.88. The number of carbonyl (C=O) groups excluding carboxylic acids is 1. The summed E-state index contributed by atoms with van der Waals surface area (Å²) in [5.41, 5.74) is 6.00. The molecule has 0 amide bonds. The van der Waals surface area contributed by atoms with Crippen LogP contribution >= 0.6 is 0 Å². The number of fused-ring (bicyclic) bond motifs is 1. The summed E-state index contributed by atoms with van der Waals surface area (Å²) in [6, 6.07) is 6.23. The van der Waals surface area contributed by atoms with Crippen molar-refractivity contribution in [1.29, 1.82) is 0 Å². The number of aromatic hydroxyl groups is 3. The van der Waals surface area contributed by atoms with Crippen molar-refractivity contribution in [2.24, 2.45) is 0 Å². The number of hydrogen-bond donors (Lipinski definition) is 12. The first kappa shape index (κ1) is 42.0. The first-order valence-corrected chi connectivity index (χ1v) is 17.7. The largest absolute Gasteiger partial charge is 0.507 e. The van der Waals surface area contributed by atoms with Gasteiger partial charge in [-0.1, -0.05) is 13.0 Å². The molecule has 21 heteroatoms. The number of carboxylic acids is 1. The smallest absolute Gasteiger partial charge is 0.340 e. The number of phenolic OH excluding ortho intramolecular Hbond substituents is 3. The molecule has 0 unspecified atom stereocenters. The average molecular weight is 817 g/mol. The van der Waals surface area contributed by atoms with E-state index in [2.05, 4.69) is 4.98 Å². The highest BCUT2D eigenvalue weighted by Crippen LogP contribution is 2.41. The van der Waals surface area contributed by atoms with E-state index in [-0.39, 0.29) is 57.8 Å².